The molecule has 1 aliphatic rings. The van der Waals surface area contributed by atoms with E-state index in [0.717, 1.165) is 5.02 Å². The first-order valence-corrected chi connectivity index (χ1v) is 6.32. The van der Waals surface area contributed by atoms with E-state index in [1.165, 1.54) is 18.4 Å². The summed E-state index contributed by atoms with van der Waals surface area (Å²) in [6, 6.07) is 8.22. The van der Waals surface area contributed by atoms with Gasteiger partial charge < -0.3 is 11.1 Å². The lowest BCUT2D eigenvalue weighted by atomic mass is 10.0. The van der Waals surface area contributed by atoms with Crippen LogP contribution in [0.2, 0.25) is 5.02 Å². The highest BCUT2D eigenvalue weighted by atomic mass is 35.5. The van der Waals surface area contributed by atoms with Crippen LogP contribution in [0, 0.1) is 5.92 Å². The SMILES string of the molecule is NC(=O)CCNC(c1ccc(Cl)cc1)C1CC1. The number of hydrogen-bond acceptors (Lipinski definition) is 2. The molecule has 1 atom stereocenters. The van der Waals surface area contributed by atoms with E-state index < -0.39 is 0 Å². The number of carbonyl (C=O) groups is 1. The molecule has 0 bridgehead atoms. The largest absolute Gasteiger partial charge is 0.370 e. The Hall–Kier alpha value is -1.06. The molecule has 0 aliphatic heterocycles. The maximum atomic E-state index is 10.7. The highest BCUT2D eigenvalue weighted by Crippen LogP contribution is 2.41. The molecule has 3 N–H and O–H groups in total. The highest BCUT2D eigenvalue weighted by Gasteiger charge is 2.31. The third-order valence-electron chi connectivity index (χ3n) is 3.06. The third-order valence-corrected chi connectivity index (χ3v) is 3.31. The molecule has 1 aliphatic carbocycles. The number of carbonyl (C=O) groups excluding carboxylic acids is 1. The topological polar surface area (TPSA) is 55.1 Å². The van der Waals surface area contributed by atoms with E-state index in [0.29, 0.717) is 24.9 Å². The molecule has 1 amide bonds. The van der Waals surface area contributed by atoms with Gasteiger partial charge in [0, 0.05) is 24.0 Å². The first kappa shape index (κ1) is 12.4. The van der Waals surface area contributed by atoms with Gasteiger partial charge in [0.1, 0.15) is 0 Å². The molecule has 0 radical (unpaired) electrons. The first-order valence-electron chi connectivity index (χ1n) is 5.94. The fourth-order valence-corrected chi connectivity index (χ4v) is 2.13. The molecule has 92 valence electrons. The second-order valence-electron chi connectivity index (χ2n) is 4.54. The Bertz CT molecular complexity index is 387. The molecule has 0 spiro atoms. The summed E-state index contributed by atoms with van der Waals surface area (Å²) in [4.78, 5) is 10.7. The van der Waals surface area contributed by atoms with Crippen LogP contribution >= 0.6 is 11.6 Å². The van der Waals surface area contributed by atoms with E-state index in [4.69, 9.17) is 17.3 Å². The fraction of sp³-hybridized carbons (Fsp3) is 0.462. The molecule has 4 heteroatoms. The van der Waals surface area contributed by atoms with Gasteiger partial charge in [-0.3, -0.25) is 4.79 Å². The van der Waals surface area contributed by atoms with Crippen molar-refractivity contribution in [1.82, 2.24) is 5.32 Å². The van der Waals surface area contributed by atoms with Crippen LogP contribution in [-0.2, 0) is 4.79 Å². The van der Waals surface area contributed by atoms with E-state index in [2.05, 4.69) is 5.32 Å². The summed E-state index contributed by atoms with van der Waals surface area (Å²) in [5, 5.41) is 4.16. The van der Waals surface area contributed by atoms with Gasteiger partial charge in [-0.15, -0.1) is 0 Å². The van der Waals surface area contributed by atoms with Crippen LogP contribution in [-0.4, -0.2) is 12.5 Å². The van der Waals surface area contributed by atoms with E-state index >= 15 is 0 Å². The average molecular weight is 253 g/mol. The van der Waals surface area contributed by atoms with Crippen LogP contribution in [0.4, 0.5) is 0 Å². The van der Waals surface area contributed by atoms with Gasteiger partial charge >= 0.3 is 0 Å². The van der Waals surface area contributed by atoms with Gasteiger partial charge in [0.15, 0.2) is 0 Å². The van der Waals surface area contributed by atoms with E-state index in [1.54, 1.807) is 0 Å². The van der Waals surface area contributed by atoms with E-state index in [1.807, 2.05) is 24.3 Å². The maximum absolute atomic E-state index is 10.7. The summed E-state index contributed by atoms with van der Waals surface area (Å²) in [7, 11) is 0. The number of hydrogen-bond donors (Lipinski definition) is 2. The van der Waals surface area contributed by atoms with Crippen molar-refractivity contribution < 1.29 is 4.79 Å². The van der Waals surface area contributed by atoms with Crippen molar-refractivity contribution in [1.29, 1.82) is 0 Å². The molecule has 2 rings (SSSR count). The van der Waals surface area contributed by atoms with E-state index in [-0.39, 0.29) is 5.91 Å². The quantitative estimate of drug-likeness (QED) is 0.816. The molecule has 1 fully saturated rings. The number of benzene rings is 1. The van der Waals surface area contributed by atoms with Crippen molar-refractivity contribution in [3.63, 3.8) is 0 Å². The molecule has 1 saturated carbocycles. The summed E-state index contributed by atoms with van der Waals surface area (Å²) < 4.78 is 0. The van der Waals surface area contributed by atoms with Gasteiger partial charge in [-0.1, -0.05) is 23.7 Å². The van der Waals surface area contributed by atoms with Gasteiger partial charge in [-0.2, -0.15) is 0 Å². The van der Waals surface area contributed by atoms with Crippen molar-refractivity contribution in [2.24, 2.45) is 11.7 Å². The molecule has 0 aromatic heterocycles. The van der Waals surface area contributed by atoms with Crippen molar-refractivity contribution in [3.05, 3.63) is 34.9 Å². The Labute approximate surface area is 106 Å². The molecule has 0 heterocycles. The monoisotopic (exact) mass is 252 g/mol. The second kappa shape index (κ2) is 5.52. The molecular formula is C13H17ClN2O. The molecular weight excluding hydrogens is 236 g/mol. The lowest BCUT2D eigenvalue weighted by molar-refractivity contribution is -0.117. The van der Waals surface area contributed by atoms with Gasteiger partial charge in [-0.05, 0) is 36.5 Å². The predicted octanol–water partition coefficient (Wildman–Crippen LogP) is 2.26. The highest BCUT2D eigenvalue weighted by molar-refractivity contribution is 6.30. The summed E-state index contributed by atoms with van der Waals surface area (Å²) >= 11 is 5.88. The van der Waals surface area contributed by atoms with E-state index in [9.17, 15) is 4.79 Å². The second-order valence-corrected chi connectivity index (χ2v) is 4.97. The molecule has 17 heavy (non-hydrogen) atoms. The summed E-state index contributed by atoms with van der Waals surface area (Å²) in [6.07, 6.45) is 2.88. The zero-order valence-corrected chi connectivity index (χ0v) is 10.4. The van der Waals surface area contributed by atoms with Gasteiger partial charge in [0.25, 0.3) is 0 Å². The summed E-state index contributed by atoms with van der Waals surface area (Å²) in [6.45, 7) is 0.638. The molecule has 1 aromatic carbocycles. The van der Waals surface area contributed by atoms with Crippen LogP contribution in [0.3, 0.4) is 0 Å². The first-order chi connectivity index (χ1) is 8.16. The lowest BCUT2D eigenvalue weighted by Gasteiger charge is -2.18. The van der Waals surface area contributed by atoms with Gasteiger partial charge in [0.2, 0.25) is 5.91 Å². The van der Waals surface area contributed by atoms with Crippen LogP contribution in [0.5, 0.6) is 0 Å². The molecule has 1 aromatic rings. The Morgan fingerprint density at radius 3 is 2.59 bits per heavy atom. The molecule has 3 nitrogen and oxygen atoms in total. The fourth-order valence-electron chi connectivity index (χ4n) is 2.01. The number of primary amides is 1. The molecule has 0 saturated heterocycles. The standard InChI is InChI=1S/C13H17ClN2O/c14-11-5-3-10(4-6-11)13(9-1-2-9)16-8-7-12(15)17/h3-6,9,13,16H,1-2,7-8H2,(H2,15,17). The Morgan fingerprint density at radius 2 is 2.06 bits per heavy atom. The Kier molecular flexibility index (Phi) is 4.02. The average Bonchev–Trinajstić information content (AvgIpc) is 3.10. The lowest BCUT2D eigenvalue weighted by Crippen LogP contribution is -2.27. The summed E-state index contributed by atoms with van der Waals surface area (Å²) in [5.74, 6) is 0.423. The van der Waals surface area contributed by atoms with Crippen LogP contribution in [0.1, 0.15) is 30.9 Å². The predicted molar refractivity (Wildman–Crippen MR) is 68.7 cm³/mol. The Morgan fingerprint density at radius 1 is 1.41 bits per heavy atom. The third kappa shape index (κ3) is 3.72. The van der Waals surface area contributed by atoms with Crippen molar-refractivity contribution >= 4 is 17.5 Å². The number of nitrogens with one attached hydrogen (secondary N) is 1. The minimum Gasteiger partial charge on any atom is -0.370 e. The Balaban J connectivity index is 1.97. The number of halogens is 1. The smallest absolute Gasteiger partial charge is 0.218 e. The normalized spacial score (nSPS) is 16.8. The van der Waals surface area contributed by atoms with Crippen LogP contribution in [0.25, 0.3) is 0 Å². The zero-order chi connectivity index (χ0) is 12.3. The minimum atomic E-state index is -0.261. The number of amides is 1. The van der Waals surface area contributed by atoms with Gasteiger partial charge in [-0.25, -0.2) is 0 Å². The number of nitrogens with two attached hydrogens (primary N) is 1. The van der Waals surface area contributed by atoms with Crippen LogP contribution in [0.15, 0.2) is 24.3 Å². The van der Waals surface area contributed by atoms with Gasteiger partial charge in [0.05, 0.1) is 0 Å². The van der Waals surface area contributed by atoms with Crippen molar-refractivity contribution in [2.45, 2.75) is 25.3 Å². The minimum absolute atomic E-state index is 0.261. The molecule has 1 unspecified atom stereocenters. The van der Waals surface area contributed by atoms with Crippen molar-refractivity contribution in [2.75, 3.05) is 6.54 Å². The van der Waals surface area contributed by atoms with Crippen molar-refractivity contribution in [3.8, 4) is 0 Å². The maximum Gasteiger partial charge on any atom is 0.218 e. The number of rotatable bonds is 6. The van der Waals surface area contributed by atoms with Crippen LogP contribution < -0.4 is 11.1 Å². The zero-order valence-electron chi connectivity index (χ0n) is 9.66. The summed E-state index contributed by atoms with van der Waals surface area (Å²) in [5.41, 5.74) is 6.37.